The number of carbonyl (C=O) groups is 1. The summed E-state index contributed by atoms with van der Waals surface area (Å²) >= 11 is 0. The predicted molar refractivity (Wildman–Crippen MR) is 111 cm³/mol. The number of hydrogen-bond acceptors (Lipinski definition) is 2. The molecular formula is C22H29NO2S. The van der Waals surface area contributed by atoms with Crippen LogP contribution >= 0.6 is 0 Å². The van der Waals surface area contributed by atoms with Crippen molar-refractivity contribution in [1.29, 1.82) is 0 Å². The first-order chi connectivity index (χ1) is 12.1. The molecular weight excluding hydrogens is 342 g/mol. The monoisotopic (exact) mass is 371 g/mol. The van der Waals surface area contributed by atoms with E-state index in [4.69, 9.17) is 0 Å². The maximum absolute atomic E-state index is 12.6. The zero-order valence-corrected chi connectivity index (χ0v) is 17.4. The molecule has 0 aliphatic carbocycles. The van der Waals surface area contributed by atoms with Crippen LogP contribution in [0.1, 0.15) is 49.9 Å². The van der Waals surface area contributed by atoms with E-state index in [0.717, 1.165) is 22.4 Å². The number of amides is 1. The molecule has 2 rings (SSSR count). The van der Waals surface area contributed by atoms with Crippen molar-refractivity contribution in [2.45, 2.75) is 58.0 Å². The first-order valence-corrected chi connectivity index (χ1v) is 10.3. The number of benzene rings is 2. The van der Waals surface area contributed by atoms with E-state index >= 15 is 0 Å². The molecule has 0 aliphatic rings. The summed E-state index contributed by atoms with van der Waals surface area (Å²) in [4.78, 5) is 12.5. The van der Waals surface area contributed by atoms with E-state index in [0.29, 0.717) is 5.75 Å². The van der Waals surface area contributed by atoms with E-state index in [1.807, 2.05) is 56.3 Å². The lowest BCUT2D eigenvalue weighted by atomic mass is 9.87. The summed E-state index contributed by atoms with van der Waals surface area (Å²) in [6.07, 6.45) is 0. The maximum atomic E-state index is 12.6. The van der Waals surface area contributed by atoms with Gasteiger partial charge < -0.3 is 5.32 Å². The zero-order valence-electron chi connectivity index (χ0n) is 16.6. The third kappa shape index (κ3) is 5.28. The number of aryl methyl sites for hydroxylation is 2. The van der Waals surface area contributed by atoms with E-state index in [9.17, 15) is 9.00 Å². The van der Waals surface area contributed by atoms with Crippen LogP contribution in [0.3, 0.4) is 0 Å². The van der Waals surface area contributed by atoms with Crippen molar-refractivity contribution >= 4 is 22.4 Å². The van der Waals surface area contributed by atoms with E-state index in [2.05, 4.69) is 26.1 Å². The Labute approximate surface area is 159 Å². The van der Waals surface area contributed by atoms with Crippen LogP contribution in [0.5, 0.6) is 0 Å². The minimum absolute atomic E-state index is 0.0724. The van der Waals surface area contributed by atoms with Crippen molar-refractivity contribution in [1.82, 2.24) is 0 Å². The topological polar surface area (TPSA) is 46.2 Å². The molecule has 4 heteroatoms. The van der Waals surface area contributed by atoms with Gasteiger partial charge in [-0.3, -0.25) is 9.00 Å². The molecule has 0 saturated heterocycles. The highest BCUT2D eigenvalue weighted by Crippen LogP contribution is 2.23. The molecule has 3 nitrogen and oxygen atoms in total. The molecule has 0 radical (unpaired) electrons. The van der Waals surface area contributed by atoms with Gasteiger partial charge in [0.15, 0.2) is 0 Å². The standard InChI is InChI=1S/C22H29NO2S/c1-15-7-8-16(2)18(13-15)14-26(25)17(3)21(24)23-20-11-9-19(10-12-20)22(4,5)6/h7-13,17H,14H2,1-6H3,(H,23,24). The van der Waals surface area contributed by atoms with Crippen molar-refractivity contribution in [3.63, 3.8) is 0 Å². The molecule has 0 heterocycles. The zero-order chi connectivity index (χ0) is 19.5. The first kappa shape index (κ1) is 20.4. The highest BCUT2D eigenvalue weighted by Gasteiger charge is 2.21. The van der Waals surface area contributed by atoms with Crippen LogP contribution in [0.4, 0.5) is 5.69 Å². The Morgan fingerprint density at radius 2 is 1.69 bits per heavy atom. The second-order valence-corrected chi connectivity index (χ2v) is 9.67. The molecule has 1 amide bonds. The Morgan fingerprint density at radius 3 is 2.27 bits per heavy atom. The van der Waals surface area contributed by atoms with Gasteiger partial charge in [-0.2, -0.15) is 0 Å². The molecule has 0 spiro atoms. The molecule has 2 aromatic rings. The second kappa shape index (κ2) is 8.17. The fourth-order valence-electron chi connectivity index (χ4n) is 2.65. The van der Waals surface area contributed by atoms with Gasteiger partial charge in [0.25, 0.3) is 0 Å². The molecule has 2 aromatic carbocycles. The number of carbonyl (C=O) groups excluding carboxylic acids is 1. The van der Waals surface area contributed by atoms with Gasteiger partial charge in [0.05, 0.1) is 0 Å². The summed E-state index contributed by atoms with van der Waals surface area (Å²) in [5, 5.41) is 2.31. The van der Waals surface area contributed by atoms with Gasteiger partial charge in [-0.05, 0) is 55.0 Å². The Bertz CT molecular complexity index is 804. The van der Waals surface area contributed by atoms with Crippen LogP contribution in [-0.4, -0.2) is 15.4 Å². The maximum Gasteiger partial charge on any atom is 0.239 e. The summed E-state index contributed by atoms with van der Waals surface area (Å²) in [6, 6.07) is 14.0. The third-order valence-corrected chi connectivity index (χ3v) is 6.18. The van der Waals surface area contributed by atoms with Crippen molar-refractivity contribution in [3.05, 3.63) is 64.7 Å². The molecule has 2 atom stereocenters. The molecule has 0 fully saturated rings. The van der Waals surface area contributed by atoms with E-state index in [1.54, 1.807) is 6.92 Å². The van der Waals surface area contributed by atoms with Gasteiger partial charge in [-0.25, -0.2) is 0 Å². The predicted octanol–water partition coefficient (Wildman–Crippen LogP) is 4.88. The summed E-state index contributed by atoms with van der Waals surface area (Å²) < 4.78 is 12.6. The van der Waals surface area contributed by atoms with E-state index in [-0.39, 0.29) is 11.3 Å². The van der Waals surface area contributed by atoms with Crippen LogP contribution in [0.2, 0.25) is 0 Å². The van der Waals surface area contributed by atoms with Gasteiger partial charge in [0, 0.05) is 22.2 Å². The average Bonchev–Trinajstić information content (AvgIpc) is 2.57. The Balaban J connectivity index is 2.02. The summed E-state index contributed by atoms with van der Waals surface area (Å²) in [5.41, 5.74) is 5.30. The number of rotatable bonds is 5. The van der Waals surface area contributed by atoms with Crippen molar-refractivity contribution in [2.24, 2.45) is 0 Å². The molecule has 0 saturated carbocycles. The largest absolute Gasteiger partial charge is 0.325 e. The number of nitrogens with one attached hydrogen (secondary N) is 1. The smallest absolute Gasteiger partial charge is 0.239 e. The molecule has 2 unspecified atom stereocenters. The van der Waals surface area contributed by atoms with Crippen LogP contribution in [0.15, 0.2) is 42.5 Å². The molecule has 1 N–H and O–H groups in total. The second-order valence-electron chi connectivity index (χ2n) is 7.91. The highest BCUT2D eigenvalue weighted by atomic mass is 32.2. The van der Waals surface area contributed by atoms with Crippen molar-refractivity contribution in [3.8, 4) is 0 Å². The quantitative estimate of drug-likeness (QED) is 0.814. The summed E-state index contributed by atoms with van der Waals surface area (Å²) in [6.45, 7) is 12.2. The van der Waals surface area contributed by atoms with E-state index in [1.165, 1.54) is 5.56 Å². The van der Waals surface area contributed by atoms with Gasteiger partial charge in [-0.15, -0.1) is 0 Å². The van der Waals surface area contributed by atoms with Gasteiger partial charge in [-0.1, -0.05) is 56.7 Å². The summed E-state index contributed by atoms with van der Waals surface area (Å²) in [5.74, 6) is 0.183. The van der Waals surface area contributed by atoms with Crippen LogP contribution in [0.25, 0.3) is 0 Å². The van der Waals surface area contributed by atoms with Crippen molar-refractivity contribution in [2.75, 3.05) is 5.32 Å². The van der Waals surface area contributed by atoms with Crippen LogP contribution < -0.4 is 5.32 Å². The molecule has 0 aliphatic heterocycles. The molecule has 0 bridgehead atoms. The lowest BCUT2D eigenvalue weighted by Crippen LogP contribution is -2.30. The Hall–Kier alpha value is -1.94. The fourth-order valence-corrected chi connectivity index (χ4v) is 3.82. The Morgan fingerprint density at radius 1 is 1.08 bits per heavy atom. The van der Waals surface area contributed by atoms with Gasteiger partial charge in [0.1, 0.15) is 5.25 Å². The van der Waals surface area contributed by atoms with Gasteiger partial charge >= 0.3 is 0 Å². The summed E-state index contributed by atoms with van der Waals surface area (Å²) in [7, 11) is -1.27. The number of anilines is 1. The van der Waals surface area contributed by atoms with Crippen LogP contribution in [-0.2, 0) is 26.8 Å². The Kier molecular flexibility index (Phi) is 6.40. The first-order valence-electron chi connectivity index (χ1n) is 8.92. The fraction of sp³-hybridized carbons (Fsp3) is 0.409. The molecule has 26 heavy (non-hydrogen) atoms. The molecule has 0 aromatic heterocycles. The van der Waals surface area contributed by atoms with Gasteiger partial charge in [0.2, 0.25) is 5.91 Å². The normalized spacial score (nSPS) is 13.9. The van der Waals surface area contributed by atoms with Crippen LogP contribution in [0, 0.1) is 13.8 Å². The van der Waals surface area contributed by atoms with Crippen molar-refractivity contribution < 1.29 is 9.00 Å². The molecule has 140 valence electrons. The lowest BCUT2D eigenvalue weighted by Gasteiger charge is -2.19. The average molecular weight is 372 g/mol. The van der Waals surface area contributed by atoms with E-state index < -0.39 is 16.0 Å². The SMILES string of the molecule is Cc1ccc(C)c(CS(=O)C(C)C(=O)Nc2ccc(C(C)(C)C)cc2)c1. The highest BCUT2D eigenvalue weighted by molar-refractivity contribution is 7.85. The lowest BCUT2D eigenvalue weighted by molar-refractivity contribution is -0.115. The third-order valence-electron chi connectivity index (χ3n) is 4.58. The number of hydrogen-bond donors (Lipinski definition) is 1. The minimum Gasteiger partial charge on any atom is -0.325 e. The minimum atomic E-state index is -1.27.